The van der Waals surface area contributed by atoms with E-state index < -0.39 is 6.10 Å². The zero-order valence-corrected chi connectivity index (χ0v) is 40.0. The van der Waals surface area contributed by atoms with E-state index in [0.29, 0.717) is 19.3 Å². The molecule has 0 aliphatic heterocycles. The molecule has 0 spiro atoms. The van der Waals surface area contributed by atoms with Crippen molar-refractivity contribution in [2.75, 3.05) is 13.2 Å². The molecular formula is C57H88O6. The Morgan fingerprint density at radius 2 is 0.619 bits per heavy atom. The van der Waals surface area contributed by atoms with Crippen LogP contribution in [0, 0.1) is 0 Å². The van der Waals surface area contributed by atoms with Crippen molar-refractivity contribution in [1.82, 2.24) is 0 Å². The molecule has 0 N–H and O–H groups in total. The van der Waals surface area contributed by atoms with Crippen LogP contribution in [0.4, 0.5) is 0 Å². The highest BCUT2D eigenvalue weighted by Gasteiger charge is 2.19. The van der Waals surface area contributed by atoms with E-state index in [1.807, 2.05) is 66.8 Å². The number of ether oxygens (including phenoxy) is 3. The van der Waals surface area contributed by atoms with Crippen molar-refractivity contribution in [1.29, 1.82) is 0 Å². The summed E-state index contributed by atoms with van der Waals surface area (Å²) in [7, 11) is 0. The minimum absolute atomic E-state index is 0.114. The van der Waals surface area contributed by atoms with E-state index in [0.717, 1.165) is 116 Å². The number of rotatable bonds is 42. The van der Waals surface area contributed by atoms with Gasteiger partial charge in [-0.05, 0) is 83.5 Å². The highest BCUT2D eigenvalue weighted by atomic mass is 16.6. The molecule has 0 aromatic carbocycles. The van der Waals surface area contributed by atoms with Gasteiger partial charge >= 0.3 is 17.9 Å². The van der Waals surface area contributed by atoms with Crippen LogP contribution in [0.1, 0.15) is 188 Å². The van der Waals surface area contributed by atoms with Gasteiger partial charge in [0.1, 0.15) is 13.2 Å². The molecule has 6 heteroatoms. The average molecular weight is 869 g/mol. The fourth-order valence-corrected chi connectivity index (χ4v) is 6.17. The first kappa shape index (κ1) is 58.6. The van der Waals surface area contributed by atoms with Crippen LogP contribution in [-0.4, -0.2) is 37.2 Å². The van der Waals surface area contributed by atoms with Crippen LogP contribution in [0.15, 0.2) is 134 Å². The lowest BCUT2D eigenvalue weighted by Gasteiger charge is -2.18. The number of esters is 3. The van der Waals surface area contributed by atoms with Gasteiger partial charge in [0.05, 0.1) is 0 Å². The summed E-state index contributed by atoms with van der Waals surface area (Å²) in [6.07, 6.45) is 69.9. The third-order valence-corrected chi connectivity index (χ3v) is 9.87. The van der Waals surface area contributed by atoms with E-state index in [1.54, 1.807) is 0 Å². The molecule has 1 unspecified atom stereocenters. The van der Waals surface area contributed by atoms with Gasteiger partial charge in [0.2, 0.25) is 0 Å². The zero-order valence-electron chi connectivity index (χ0n) is 40.0. The van der Waals surface area contributed by atoms with Crippen LogP contribution >= 0.6 is 0 Å². The molecule has 0 aromatic heterocycles. The lowest BCUT2D eigenvalue weighted by Crippen LogP contribution is -2.30. The second kappa shape index (κ2) is 50.2. The molecule has 0 fully saturated rings. The van der Waals surface area contributed by atoms with Crippen molar-refractivity contribution in [3.63, 3.8) is 0 Å². The maximum Gasteiger partial charge on any atom is 0.306 e. The molecule has 352 valence electrons. The molecule has 0 aromatic rings. The molecule has 0 heterocycles. The highest BCUT2D eigenvalue weighted by molar-refractivity contribution is 5.71. The Morgan fingerprint density at radius 1 is 0.333 bits per heavy atom. The van der Waals surface area contributed by atoms with E-state index in [4.69, 9.17) is 14.2 Å². The average Bonchev–Trinajstić information content (AvgIpc) is 3.28. The van der Waals surface area contributed by atoms with E-state index >= 15 is 0 Å². The Kier molecular flexibility index (Phi) is 46.7. The standard InChI is InChI=1S/C57H88O6/c1-4-7-10-13-16-19-22-25-27-28-30-32-35-38-41-44-47-50-56(59)62-53-54(52-61-55(58)49-46-43-40-37-34-31-24-21-18-15-12-9-6-3)63-57(60)51-48-45-42-39-36-33-29-26-23-20-17-14-11-8-5-2/h7,9-10,12-13,15-28,30,32,35,54H,4-6,8,11,14,29,31,33-34,36-53H2,1-3H3/b10-7-,12-9-,16-13-,18-15-,20-17-,22-19-,24-21-,26-23-,27-25-,30-28+,35-32-. The van der Waals surface area contributed by atoms with Crippen molar-refractivity contribution < 1.29 is 28.6 Å². The van der Waals surface area contributed by atoms with Crippen LogP contribution < -0.4 is 0 Å². The van der Waals surface area contributed by atoms with Gasteiger partial charge in [0.15, 0.2) is 6.10 Å². The molecule has 63 heavy (non-hydrogen) atoms. The summed E-state index contributed by atoms with van der Waals surface area (Å²) >= 11 is 0. The summed E-state index contributed by atoms with van der Waals surface area (Å²) in [5.41, 5.74) is 0. The monoisotopic (exact) mass is 869 g/mol. The number of unbranched alkanes of at least 4 members (excludes halogenated alkanes) is 17. The van der Waals surface area contributed by atoms with Gasteiger partial charge in [-0.15, -0.1) is 0 Å². The molecule has 0 saturated carbocycles. The van der Waals surface area contributed by atoms with E-state index in [1.165, 1.54) is 32.1 Å². The summed E-state index contributed by atoms with van der Waals surface area (Å²) < 4.78 is 16.7. The zero-order chi connectivity index (χ0) is 45.8. The summed E-state index contributed by atoms with van der Waals surface area (Å²) in [5.74, 6) is -1.00. The van der Waals surface area contributed by atoms with Crippen LogP contribution in [0.25, 0.3) is 0 Å². The molecule has 0 amide bonds. The Bertz CT molecular complexity index is 1420. The third kappa shape index (κ3) is 48.4. The lowest BCUT2D eigenvalue weighted by atomic mass is 10.1. The first-order chi connectivity index (χ1) is 31.0. The fraction of sp³-hybridized carbons (Fsp3) is 0.561. The summed E-state index contributed by atoms with van der Waals surface area (Å²) in [4.78, 5) is 37.9. The minimum Gasteiger partial charge on any atom is -0.462 e. The van der Waals surface area contributed by atoms with Gasteiger partial charge in [-0.1, -0.05) is 219 Å². The molecule has 0 radical (unpaired) electrons. The number of carbonyl (C=O) groups excluding carboxylic acids is 3. The predicted octanol–water partition coefficient (Wildman–Crippen LogP) is 16.3. The number of hydrogen-bond acceptors (Lipinski definition) is 6. The van der Waals surface area contributed by atoms with Gasteiger partial charge in [-0.2, -0.15) is 0 Å². The number of allylic oxidation sites excluding steroid dienone is 22. The molecule has 0 saturated heterocycles. The van der Waals surface area contributed by atoms with E-state index in [2.05, 4.69) is 87.6 Å². The van der Waals surface area contributed by atoms with Crippen LogP contribution in [0.2, 0.25) is 0 Å². The van der Waals surface area contributed by atoms with E-state index in [-0.39, 0.29) is 31.1 Å². The van der Waals surface area contributed by atoms with Gasteiger partial charge in [0.25, 0.3) is 0 Å². The van der Waals surface area contributed by atoms with E-state index in [9.17, 15) is 14.4 Å². The smallest absolute Gasteiger partial charge is 0.306 e. The normalized spacial score (nSPS) is 13.3. The number of carbonyl (C=O) groups is 3. The Labute approximate surface area is 385 Å². The van der Waals surface area contributed by atoms with Crippen molar-refractivity contribution in [2.24, 2.45) is 0 Å². The Morgan fingerprint density at radius 3 is 1.00 bits per heavy atom. The largest absolute Gasteiger partial charge is 0.462 e. The first-order valence-corrected chi connectivity index (χ1v) is 24.8. The number of hydrogen-bond donors (Lipinski definition) is 0. The highest BCUT2D eigenvalue weighted by Crippen LogP contribution is 2.13. The van der Waals surface area contributed by atoms with Gasteiger partial charge in [-0.3, -0.25) is 14.4 Å². The van der Waals surface area contributed by atoms with Crippen LogP contribution in [0.3, 0.4) is 0 Å². The molecule has 0 bridgehead atoms. The maximum atomic E-state index is 12.8. The van der Waals surface area contributed by atoms with Gasteiger partial charge < -0.3 is 14.2 Å². The molecule has 0 aliphatic carbocycles. The Hall–Kier alpha value is -4.45. The van der Waals surface area contributed by atoms with Gasteiger partial charge in [0, 0.05) is 19.3 Å². The van der Waals surface area contributed by atoms with Crippen LogP contribution in [0.5, 0.6) is 0 Å². The van der Waals surface area contributed by atoms with Crippen molar-refractivity contribution >= 4 is 17.9 Å². The molecule has 0 rings (SSSR count). The van der Waals surface area contributed by atoms with Crippen LogP contribution in [-0.2, 0) is 28.6 Å². The SMILES string of the molecule is CC\C=C/C=C\C=C/C=C\C=C\C=C/CCCCCC(=O)OCC(COC(=O)CCCCCCC\C=C/C=C\C=C/CC)OC(=O)CCCCCCCC/C=C\C=C/CCCCC. The second-order valence-electron chi connectivity index (χ2n) is 15.8. The first-order valence-electron chi connectivity index (χ1n) is 24.8. The summed E-state index contributed by atoms with van der Waals surface area (Å²) in [5, 5.41) is 0. The summed E-state index contributed by atoms with van der Waals surface area (Å²) in [6.45, 7) is 6.23. The lowest BCUT2D eigenvalue weighted by molar-refractivity contribution is -0.167. The maximum absolute atomic E-state index is 12.8. The molecule has 0 aliphatic rings. The summed E-state index contributed by atoms with van der Waals surface area (Å²) in [6, 6.07) is 0. The minimum atomic E-state index is -0.816. The fourth-order valence-electron chi connectivity index (χ4n) is 6.17. The Balaban J connectivity index is 4.56. The predicted molar refractivity (Wildman–Crippen MR) is 269 cm³/mol. The van der Waals surface area contributed by atoms with Crippen molar-refractivity contribution in [3.05, 3.63) is 134 Å². The van der Waals surface area contributed by atoms with Gasteiger partial charge in [-0.25, -0.2) is 0 Å². The quantitative estimate of drug-likeness (QED) is 0.0263. The molecule has 6 nitrogen and oxygen atoms in total. The second-order valence-corrected chi connectivity index (χ2v) is 15.8. The van der Waals surface area contributed by atoms with Crippen molar-refractivity contribution in [3.8, 4) is 0 Å². The topological polar surface area (TPSA) is 78.9 Å². The third-order valence-electron chi connectivity index (χ3n) is 9.87. The van der Waals surface area contributed by atoms with Crippen molar-refractivity contribution in [2.45, 2.75) is 194 Å². The molecular weight excluding hydrogens is 781 g/mol. The molecule has 1 atom stereocenters.